The number of nitrogens with two attached hydrogens (primary N) is 1. The minimum atomic E-state index is -0.358. The lowest BCUT2D eigenvalue weighted by molar-refractivity contribution is 0.567. The van der Waals surface area contributed by atoms with Gasteiger partial charge in [0.05, 0.1) is 5.69 Å². The molecule has 1 aromatic carbocycles. The van der Waals surface area contributed by atoms with Crippen molar-refractivity contribution in [1.82, 2.24) is 0 Å². The monoisotopic (exact) mass is 210 g/mol. The summed E-state index contributed by atoms with van der Waals surface area (Å²) in [6.07, 6.45) is 2.29. The van der Waals surface area contributed by atoms with Crippen molar-refractivity contribution in [3.63, 3.8) is 0 Å². The zero-order valence-corrected chi connectivity index (χ0v) is 9.39. The molecule has 0 heterocycles. The first kappa shape index (κ1) is 11.8. The van der Waals surface area contributed by atoms with Gasteiger partial charge in [0.1, 0.15) is 5.82 Å². The second kappa shape index (κ2) is 5.59. The average molecular weight is 210 g/mol. The summed E-state index contributed by atoms with van der Waals surface area (Å²) >= 11 is 0. The van der Waals surface area contributed by atoms with Crippen LogP contribution >= 0.6 is 0 Å². The van der Waals surface area contributed by atoms with Gasteiger partial charge in [-0.1, -0.05) is 13.8 Å². The Morgan fingerprint density at radius 3 is 2.73 bits per heavy atom. The minimum absolute atomic E-state index is 0.197. The quantitative estimate of drug-likeness (QED) is 0.578. The third-order valence-corrected chi connectivity index (χ3v) is 2.29. The summed E-state index contributed by atoms with van der Waals surface area (Å²) in [6.45, 7) is 5.27. The molecule has 0 saturated heterocycles. The van der Waals surface area contributed by atoms with E-state index in [-0.39, 0.29) is 11.5 Å². The summed E-state index contributed by atoms with van der Waals surface area (Å²) in [4.78, 5) is 0. The second-order valence-electron chi connectivity index (χ2n) is 4.20. The Morgan fingerprint density at radius 2 is 2.13 bits per heavy atom. The van der Waals surface area contributed by atoms with E-state index in [0.29, 0.717) is 0 Å². The summed E-state index contributed by atoms with van der Waals surface area (Å²) in [5.74, 6) is 0.360. The van der Waals surface area contributed by atoms with Gasteiger partial charge in [0, 0.05) is 12.2 Å². The fraction of sp³-hybridized carbons (Fsp3) is 0.500. The Labute approximate surface area is 90.7 Å². The van der Waals surface area contributed by atoms with Crippen LogP contribution in [0.15, 0.2) is 18.2 Å². The Balaban J connectivity index is 2.35. The van der Waals surface area contributed by atoms with Gasteiger partial charge in [0.2, 0.25) is 0 Å². The van der Waals surface area contributed by atoms with Crippen molar-refractivity contribution in [3.05, 3.63) is 24.0 Å². The van der Waals surface area contributed by atoms with Crippen molar-refractivity contribution in [2.24, 2.45) is 5.92 Å². The highest BCUT2D eigenvalue weighted by molar-refractivity contribution is 5.52. The Bertz CT molecular complexity index is 310. The molecule has 0 amide bonds. The molecule has 0 aliphatic carbocycles. The summed E-state index contributed by atoms with van der Waals surface area (Å²) in [7, 11) is 0. The zero-order valence-electron chi connectivity index (χ0n) is 9.39. The van der Waals surface area contributed by atoms with E-state index >= 15 is 0 Å². The fourth-order valence-electron chi connectivity index (χ4n) is 1.38. The maximum absolute atomic E-state index is 13.1. The van der Waals surface area contributed by atoms with Crippen LogP contribution in [0.4, 0.5) is 15.8 Å². The van der Waals surface area contributed by atoms with Crippen LogP contribution in [0.5, 0.6) is 0 Å². The Morgan fingerprint density at radius 1 is 1.40 bits per heavy atom. The number of rotatable bonds is 5. The van der Waals surface area contributed by atoms with Crippen molar-refractivity contribution in [2.45, 2.75) is 26.7 Å². The van der Waals surface area contributed by atoms with Crippen LogP contribution in [-0.4, -0.2) is 6.54 Å². The molecule has 0 radical (unpaired) electrons. The van der Waals surface area contributed by atoms with Crippen molar-refractivity contribution in [1.29, 1.82) is 0 Å². The minimum Gasteiger partial charge on any atom is -0.396 e. The molecule has 0 fully saturated rings. The van der Waals surface area contributed by atoms with Gasteiger partial charge in [-0.15, -0.1) is 0 Å². The molecule has 0 bridgehead atoms. The standard InChI is InChI=1S/C12H19FN2/c1-9(2)4-3-7-15-10-5-6-12(14)11(13)8-10/h5-6,8-9,15H,3-4,7,14H2,1-2H3. The van der Waals surface area contributed by atoms with Gasteiger partial charge in [-0.05, 0) is 37.0 Å². The van der Waals surface area contributed by atoms with Crippen molar-refractivity contribution < 1.29 is 4.39 Å². The van der Waals surface area contributed by atoms with Gasteiger partial charge in [-0.25, -0.2) is 4.39 Å². The van der Waals surface area contributed by atoms with E-state index in [1.54, 1.807) is 12.1 Å². The lowest BCUT2D eigenvalue weighted by Crippen LogP contribution is -2.03. The third-order valence-electron chi connectivity index (χ3n) is 2.29. The van der Waals surface area contributed by atoms with Crippen LogP contribution < -0.4 is 11.1 Å². The predicted octanol–water partition coefficient (Wildman–Crippen LogP) is 3.26. The highest BCUT2D eigenvalue weighted by Crippen LogP contribution is 2.16. The largest absolute Gasteiger partial charge is 0.396 e. The Hall–Kier alpha value is -1.25. The van der Waals surface area contributed by atoms with Gasteiger partial charge in [0.15, 0.2) is 0 Å². The van der Waals surface area contributed by atoms with E-state index in [1.165, 1.54) is 12.5 Å². The van der Waals surface area contributed by atoms with Crippen LogP contribution in [0.25, 0.3) is 0 Å². The maximum atomic E-state index is 13.1. The van der Waals surface area contributed by atoms with Crippen molar-refractivity contribution >= 4 is 11.4 Å². The number of hydrogen-bond donors (Lipinski definition) is 2. The molecule has 15 heavy (non-hydrogen) atoms. The molecule has 2 nitrogen and oxygen atoms in total. The first-order valence-corrected chi connectivity index (χ1v) is 5.38. The molecule has 84 valence electrons. The summed E-state index contributed by atoms with van der Waals surface area (Å²) in [5.41, 5.74) is 6.37. The highest BCUT2D eigenvalue weighted by Gasteiger charge is 1.99. The highest BCUT2D eigenvalue weighted by atomic mass is 19.1. The molecule has 0 saturated carbocycles. The molecule has 0 aromatic heterocycles. The smallest absolute Gasteiger partial charge is 0.148 e. The first-order chi connectivity index (χ1) is 7.09. The van der Waals surface area contributed by atoms with E-state index < -0.39 is 0 Å². The van der Waals surface area contributed by atoms with E-state index in [2.05, 4.69) is 19.2 Å². The third kappa shape index (κ3) is 4.19. The number of halogens is 1. The molecule has 0 unspecified atom stereocenters. The molecule has 0 aliphatic rings. The van der Waals surface area contributed by atoms with E-state index in [4.69, 9.17) is 5.73 Å². The zero-order chi connectivity index (χ0) is 11.3. The number of nitrogen functional groups attached to an aromatic ring is 1. The Kier molecular flexibility index (Phi) is 4.40. The van der Waals surface area contributed by atoms with Gasteiger partial charge in [0.25, 0.3) is 0 Å². The summed E-state index contributed by atoms with van der Waals surface area (Å²) in [6, 6.07) is 4.82. The van der Waals surface area contributed by atoms with Crippen molar-refractivity contribution in [2.75, 3.05) is 17.6 Å². The number of nitrogens with one attached hydrogen (secondary N) is 1. The van der Waals surface area contributed by atoms with E-state index in [9.17, 15) is 4.39 Å². The van der Waals surface area contributed by atoms with Gasteiger partial charge in [-0.2, -0.15) is 0 Å². The van der Waals surface area contributed by atoms with E-state index in [0.717, 1.165) is 24.6 Å². The van der Waals surface area contributed by atoms with Crippen LogP contribution in [0.1, 0.15) is 26.7 Å². The maximum Gasteiger partial charge on any atom is 0.148 e. The SMILES string of the molecule is CC(C)CCCNc1ccc(N)c(F)c1. The van der Waals surface area contributed by atoms with Crippen LogP contribution in [0, 0.1) is 11.7 Å². The first-order valence-electron chi connectivity index (χ1n) is 5.38. The van der Waals surface area contributed by atoms with Crippen LogP contribution in [-0.2, 0) is 0 Å². The van der Waals surface area contributed by atoms with Gasteiger partial charge < -0.3 is 11.1 Å². The fourth-order valence-corrected chi connectivity index (χ4v) is 1.38. The summed E-state index contributed by atoms with van der Waals surface area (Å²) < 4.78 is 13.1. The van der Waals surface area contributed by atoms with Crippen LogP contribution in [0.3, 0.4) is 0 Å². The van der Waals surface area contributed by atoms with Gasteiger partial charge in [-0.3, -0.25) is 0 Å². The number of benzene rings is 1. The number of hydrogen-bond acceptors (Lipinski definition) is 2. The average Bonchev–Trinajstić information content (AvgIpc) is 2.18. The molecule has 0 aliphatic heterocycles. The molecule has 1 rings (SSSR count). The van der Waals surface area contributed by atoms with E-state index in [1.807, 2.05) is 0 Å². The molecule has 3 heteroatoms. The van der Waals surface area contributed by atoms with Crippen molar-refractivity contribution in [3.8, 4) is 0 Å². The van der Waals surface area contributed by atoms with Crippen LogP contribution in [0.2, 0.25) is 0 Å². The number of anilines is 2. The molecule has 0 atom stereocenters. The molecular formula is C12H19FN2. The lowest BCUT2D eigenvalue weighted by Gasteiger charge is -2.08. The predicted molar refractivity (Wildman–Crippen MR) is 63.4 cm³/mol. The summed E-state index contributed by atoms with van der Waals surface area (Å²) in [5, 5.41) is 3.17. The van der Waals surface area contributed by atoms with Gasteiger partial charge >= 0.3 is 0 Å². The topological polar surface area (TPSA) is 38.0 Å². The lowest BCUT2D eigenvalue weighted by atomic mass is 10.1. The normalized spacial score (nSPS) is 10.7. The molecule has 3 N–H and O–H groups in total. The molecular weight excluding hydrogens is 191 g/mol. The molecule has 1 aromatic rings. The second-order valence-corrected chi connectivity index (χ2v) is 4.20. The molecule has 0 spiro atoms.